The predicted molar refractivity (Wildman–Crippen MR) is 247 cm³/mol. The highest BCUT2D eigenvalue weighted by molar-refractivity contribution is 6.31. The van der Waals surface area contributed by atoms with E-state index in [0.29, 0.717) is 40.5 Å². The van der Waals surface area contributed by atoms with Crippen molar-refractivity contribution in [1.82, 2.24) is 30.0 Å². The first-order chi connectivity index (χ1) is 31.4. The van der Waals surface area contributed by atoms with Crippen LogP contribution in [0.4, 0.5) is 10.1 Å². The number of likely N-dealkylation sites (tertiary alicyclic amines) is 1. The number of piperidine rings is 2. The van der Waals surface area contributed by atoms with E-state index in [2.05, 4.69) is 38.0 Å². The highest BCUT2D eigenvalue weighted by Gasteiger charge is 2.72. The molecule has 6 aliphatic rings. The fraction of sp³-hybridized carbons (Fsp3) is 0.500. The molecule has 5 fully saturated rings. The Morgan fingerprint density at radius 3 is 2.42 bits per heavy atom. The van der Waals surface area contributed by atoms with E-state index >= 15 is 4.39 Å². The van der Waals surface area contributed by atoms with Gasteiger partial charge < -0.3 is 15.5 Å². The second kappa shape index (κ2) is 17.3. The molecule has 5 heterocycles. The van der Waals surface area contributed by atoms with Crippen LogP contribution in [0.3, 0.4) is 0 Å². The van der Waals surface area contributed by atoms with Crippen molar-refractivity contribution in [2.45, 2.75) is 118 Å². The van der Waals surface area contributed by atoms with E-state index in [0.717, 1.165) is 88.5 Å². The Morgan fingerprint density at radius 2 is 1.66 bits per heavy atom. The van der Waals surface area contributed by atoms with Crippen LogP contribution in [0.15, 0.2) is 59.4 Å². The van der Waals surface area contributed by atoms with Crippen LogP contribution in [0, 0.1) is 29.5 Å². The summed E-state index contributed by atoms with van der Waals surface area (Å²) in [6.07, 6.45) is 10.2. The molecule has 3 saturated heterocycles. The molecule has 4 amide bonds. The molecule has 4 atom stereocenters. The molecule has 1 aromatic heterocycles. The van der Waals surface area contributed by atoms with E-state index in [4.69, 9.17) is 23.2 Å². The largest absolute Gasteiger partial charge is 0.352 e. The molecule has 2 aliphatic carbocycles. The van der Waals surface area contributed by atoms with Crippen molar-refractivity contribution in [2.24, 2.45) is 18.9 Å². The minimum absolute atomic E-state index is 0.0357. The second-order valence-corrected chi connectivity index (χ2v) is 20.1. The van der Waals surface area contributed by atoms with Crippen molar-refractivity contribution in [2.75, 3.05) is 25.0 Å². The molecule has 4 aromatic rings. The second-order valence-electron chi connectivity index (χ2n) is 19.3. The van der Waals surface area contributed by atoms with Gasteiger partial charge in [-0.15, -0.1) is 0 Å². The van der Waals surface area contributed by atoms with Crippen molar-refractivity contribution < 1.29 is 23.6 Å². The highest BCUT2D eigenvalue weighted by Crippen LogP contribution is 2.63. The monoisotopic (exact) mass is 921 g/mol. The van der Waals surface area contributed by atoms with Gasteiger partial charge in [0.1, 0.15) is 17.3 Å². The molecule has 1 unspecified atom stereocenters. The van der Waals surface area contributed by atoms with Crippen LogP contribution in [0.5, 0.6) is 0 Å². The first kappa shape index (κ1) is 43.9. The summed E-state index contributed by atoms with van der Waals surface area (Å²) < 4.78 is 19.3. The zero-order valence-corrected chi connectivity index (χ0v) is 38.0. The summed E-state index contributed by atoms with van der Waals surface area (Å²) in [6.45, 7) is 2.92. The maximum Gasteiger partial charge on any atom is 0.329 e. The highest BCUT2D eigenvalue weighted by atomic mass is 35.5. The van der Waals surface area contributed by atoms with E-state index in [9.17, 15) is 24.0 Å². The van der Waals surface area contributed by atoms with Gasteiger partial charge in [0.05, 0.1) is 22.1 Å². The molecule has 2 saturated carbocycles. The smallest absolute Gasteiger partial charge is 0.329 e. The molecular formula is C50H54Cl2FN7O5. The third-order valence-electron chi connectivity index (χ3n) is 15.6. The Hall–Kier alpha value is -5.00. The SMILES string of the molecule is Cn1c(=O)n(C2CCC(=O)NC2=O)c2ccc(C#CC3CCN(CC4CCC(NC(=O)[C@@H]5NC6(CCCCC6)[C@@]6(C(=O)Nc7cc(Cl)ccc76)[C@H]5c5cccc(Cl)c5F)CC4)CC3)cc21. The average molecular weight is 923 g/mol. The number of halogens is 3. The molecular weight excluding hydrogens is 868 g/mol. The van der Waals surface area contributed by atoms with Crippen LogP contribution in [0.2, 0.25) is 10.0 Å². The van der Waals surface area contributed by atoms with Crippen LogP contribution in [-0.2, 0) is 31.6 Å². The zero-order chi connectivity index (χ0) is 45.2. The average Bonchev–Trinajstić information content (AvgIpc) is 3.85. The van der Waals surface area contributed by atoms with Crippen LogP contribution < -0.4 is 27.0 Å². The van der Waals surface area contributed by atoms with Crippen molar-refractivity contribution in [3.05, 3.63) is 97.6 Å². The summed E-state index contributed by atoms with van der Waals surface area (Å²) in [5.74, 6) is 4.90. The number of rotatable bonds is 6. The van der Waals surface area contributed by atoms with Crippen molar-refractivity contribution in [1.29, 1.82) is 0 Å². The normalized spacial score (nSPS) is 27.9. The number of benzene rings is 3. The molecule has 0 radical (unpaired) electrons. The number of carbonyl (C=O) groups is 4. The first-order valence-electron chi connectivity index (χ1n) is 23.3. The van der Waals surface area contributed by atoms with Gasteiger partial charge in [0.15, 0.2) is 0 Å². The number of hydrogen-bond acceptors (Lipinski definition) is 7. The summed E-state index contributed by atoms with van der Waals surface area (Å²) in [5, 5.41) is 13.0. The minimum Gasteiger partial charge on any atom is -0.352 e. The van der Waals surface area contributed by atoms with E-state index in [1.807, 2.05) is 24.3 Å². The maximum atomic E-state index is 16.3. The van der Waals surface area contributed by atoms with Crippen LogP contribution in [0.25, 0.3) is 11.0 Å². The quantitative estimate of drug-likeness (QED) is 0.122. The zero-order valence-electron chi connectivity index (χ0n) is 36.5. The number of imide groups is 1. The number of nitrogens with one attached hydrogen (secondary N) is 4. The van der Waals surface area contributed by atoms with Gasteiger partial charge >= 0.3 is 5.69 Å². The summed E-state index contributed by atoms with van der Waals surface area (Å²) in [6, 6.07) is 14.3. The number of amides is 4. The van der Waals surface area contributed by atoms with Crippen molar-refractivity contribution in [3.8, 4) is 11.8 Å². The van der Waals surface area contributed by atoms with Gasteiger partial charge in [0.25, 0.3) is 0 Å². The van der Waals surface area contributed by atoms with Gasteiger partial charge in [-0.2, -0.15) is 0 Å². The molecule has 2 spiro atoms. The van der Waals surface area contributed by atoms with E-state index in [1.54, 1.807) is 31.3 Å². The Kier molecular flexibility index (Phi) is 11.7. The Labute approximate surface area is 387 Å². The predicted octanol–water partition coefficient (Wildman–Crippen LogP) is 6.85. The lowest BCUT2D eigenvalue weighted by Gasteiger charge is -2.47. The summed E-state index contributed by atoms with van der Waals surface area (Å²) in [4.78, 5) is 69.5. The molecule has 340 valence electrons. The van der Waals surface area contributed by atoms with Crippen LogP contribution >= 0.6 is 23.2 Å². The number of carbonyl (C=O) groups excluding carboxylic acids is 4. The number of aromatic nitrogens is 2. The van der Waals surface area contributed by atoms with Crippen molar-refractivity contribution in [3.63, 3.8) is 0 Å². The minimum atomic E-state index is -1.26. The lowest BCUT2D eigenvalue weighted by molar-refractivity contribution is -0.136. The lowest BCUT2D eigenvalue weighted by atomic mass is 9.55. The number of imidazole rings is 1. The number of aryl methyl sites for hydroxylation is 1. The number of hydrogen-bond donors (Lipinski definition) is 4. The maximum absolute atomic E-state index is 16.3. The molecule has 10 rings (SSSR count). The fourth-order valence-electron chi connectivity index (χ4n) is 12.5. The van der Waals surface area contributed by atoms with Crippen LogP contribution in [-0.4, -0.2) is 74.9 Å². The number of nitrogens with zero attached hydrogens (tertiary/aromatic N) is 3. The topological polar surface area (TPSA) is 147 Å². The van der Waals surface area contributed by atoms with E-state index in [-0.39, 0.29) is 58.8 Å². The summed E-state index contributed by atoms with van der Waals surface area (Å²) in [5.41, 5.74) is 1.41. The molecule has 3 aromatic carbocycles. The molecule has 4 aliphatic heterocycles. The van der Waals surface area contributed by atoms with Gasteiger partial charge in [-0.1, -0.05) is 72.5 Å². The molecule has 4 N–H and O–H groups in total. The third kappa shape index (κ3) is 7.58. The van der Waals surface area contributed by atoms with Gasteiger partial charge in [-0.05, 0) is 124 Å². The summed E-state index contributed by atoms with van der Waals surface area (Å²) in [7, 11) is 1.69. The molecule has 15 heteroatoms. The van der Waals surface area contributed by atoms with Crippen LogP contribution in [0.1, 0.15) is 112 Å². The Morgan fingerprint density at radius 1 is 0.892 bits per heavy atom. The van der Waals surface area contributed by atoms with Crippen molar-refractivity contribution >= 4 is 63.6 Å². The van der Waals surface area contributed by atoms with Gasteiger partial charge in [0.2, 0.25) is 23.6 Å². The molecule has 12 nitrogen and oxygen atoms in total. The lowest BCUT2D eigenvalue weighted by Crippen LogP contribution is -2.60. The first-order valence-corrected chi connectivity index (χ1v) is 24.0. The number of fused-ring (bicyclic) bond motifs is 4. The van der Waals surface area contributed by atoms with Gasteiger partial charge in [-0.25, -0.2) is 9.18 Å². The Bertz CT molecular complexity index is 2720. The van der Waals surface area contributed by atoms with Gasteiger partial charge in [-0.3, -0.25) is 38.9 Å². The number of anilines is 1. The third-order valence-corrected chi connectivity index (χ3v) is 16.2. The standard InChI is InChI=1S/C50H54Cl2FN7O5/c1-58-40-26-30(12-17-38(40)60(48(58)65)39-18-19-41(61)56-45(39)62)9-8-29-20-24-59(25-21-29)28-31-10-14-33(15-11-31)54-46(63)44-42(34-6-5-7-36(52)43(34)53)50(49(57-44)22-3-2-4-23-49)35-16-13-32(51)27-37(35)55-47(50)64/h5-7,12-13,16-17,26-27,29,31,33,39,42,44,57H,2-4,10-11,14-15,18-25,28H2,1H3,(H,54,63)(H,55,64)(H,56,61,62)/t31?,33?,39?,42-,44+,50+/m0/s1. The summed E-state index contributed by atoms with van der Waals surface area (Å²) >= 11 is 12.9. The van der Waals surface area contributed by atoms with Gasteiger partial charge in [0, 0.05) is 59.7 Å². The van der Waals surface area contributed by atoms with E-state index < -0.39 is 40.7 Å². The molecule has 0 bridgehead atoms. The Balaban J connectivity index is 0.777. The fourth-order valence-corrected chi connectivity index (χ4v) is 12.8. The van der Waals surface area contributed by atoms with E-state index in [1.165, 1.54) is 15.2 Å². The molecule has 65 heavy (non-hydrogen) atoms.